The summed E-state index contributed by atoms with van der Waals surface area (Å²) in [6.07, 6.45) is 9.64. The van der Waals surface area contributed by atoms with Crippen LogP contribution >= 0.6 is 15.9 Å². The summed E-state index contributed by atoms with van der Waals surface area (Å²) in [6, 6.07) is 6.69. The number of fused-ring (bicyclic) bond motifs is 2. The SMILES string of the molecule is NCC1c2cccc(Br)c2C2(CCN(C(=O)O)CC2)C1C12CC3CC(CC(C3)C1)C2. The van der Waals surface area contributed by atoms with Crippen LogP contribution in [0.4, 0.5) is 4.79 Å². The molecule has 1 spiro atoms. The molecule has 3 N–H and O–H groups in total. The van der Waals surface area contributed by atoms with Gasteiger partial charge in [0, 0.05) is 28.9 Å². The van der Waals surface area contributed by atoms with E-state index in [9.17, 15) is 9.90 Å². The summed E-state index contributed by atoms with van der Waals surface area (Å²) >= 11 is 3.93. The average Bonchev–Trinajstić information content (AvgIpc) is 2.98. The molecule has 1 amide bonds. The molecule has 4 bridgehead atoms. The minimum atomic E-state index is -0.767. The smallest absolute Gasteiger partial charge is 0.407 e. The number of nitrogens with two attached hydrogens (primary N) is 1. The quantitative estimate of drug-likeness (QED) is 0.609. The highest BCUT2D eigenvalue weighted by atomic mass is 79.9. The molecular formula is C25H33BrN2O2. The maximum absolute atomic E-state index is 11.7. The Morgan fingerprint density at radius 3 is 2.23 bits per heavy atom. The summed E-state index contributed by atoms with van der Waals surface area (Å²) in [4.78, 5) is 13.3. The van der Waals surface area contributed by atoms with Crippen molar-refractivity contribution in [3.63, 3.8) is 0 Å². The number of piperidine rings is 1. The first-order chi connectivity index (χ1) is 14.5. The van der Waals surface area contributed by atoms with E-state index in [4.69, 9.17) is 5.73 Å². The Hall–Kier alpha value is -1.07. The topological polar surface area (TPSA) is 66.6 Å². The van der Waals surface area contributed by atoms with Gasteiger partial charge in [0.25, 0.3) is 0 Å². The number of carboxylic acid groups (broad SMARTS) is 1. The van der Waals surface area contributed by atoms with E-state index in [0.29, 0.717) is 36.9 Å². The lowest BCUT2D eigenvalue weighted by molar-refractivity contribution is -0.116. The molecule has 6 aliphatic rings. The standard InChI is InChI=1S/C25H33BrN2O2/c26-20-3-1-2-18-19(14-27)22(24-11-15-8-16(12-24)10-17(9-15)13-24)25(21(18)20)4-6-28(7-5-25)23(29)30/h1-3,15-17,19,22H,4-14,27H2,(H,29,30). The normalized spacial score (nSPS) is 40.7. The van der Waals surface area contributed by atoms with Crippen molar-refractivity contribution >= 4 is 22.0 Å². The fourth-order valence-electron chi connectivity index (χ4n) is 9.59. The molecule has 2 atom stereocenters. The number of halogens is 1. The largest absolute Gasteiger partial charge is 0.465 e. The van der Waals surface area contributed by atoms with Crippen molar-refractivity contribution in [3.8, 4) is 0 Å². The molecule has 1 aromatic carbocycles. The predicted octanol–water partition coefficient (Wildman–Crippen LogP) is 5.35. The zero-order chi connectivity index (χ0) is 20.7. The Labute approximate surface area is 187 Å². The second-order valence-electron chi connectivity index (χ2n) is 11.2. The van der Waals surface area contributed by atoms with E-state index < -0.39 is 6.09 Å². The molecule has 1 aromatic rings. The molecule has 1 aliphatic heterocycles. The molecular weight excluding hydrogens is 440 g/mol. The average molecular weight is 473 g/mol. The monoisotopic (exact) mass is 472 g/mol. The van der Waals surface area contributed by atoms with Crippen LogP contribution in [0.2, 0.25) is 0 Å². The van der Waals surface area contributed by atoms with Gasteiger partial charge in [-0.25, -0.2) is 4.79 Å². The summed E-state index contributed by atoms with van der Waals surface area (Å²) in [5.41, 5.74) is 9.96. The van der Waals surface area contributed by atoms with Crippen LogP contribution in [0.25, 0.3) is 0 Å². The number of amides is 1. The number of rotatable bonds is 2. The van der Waals surface area contributed by atoms with Crippen molar-refractivity contribution in [2.75, 3.05) is 19.6 Å². The van der Waals surface area contributed by atoms with Gasteiger partial charge in [-0.15, -0.1) is 0 Å². The summed E-state index contributed by atoms with van der Waals surface area (Å²) in [5, 5.41) is 9.61. The van der Waals surface area contributed by atoms with Crippen molar-refractivity contribution in [2.24, 2.45) is 34.8 Å². The molecule has 2 unspecified atom stereocenters. The van der Waals surface area contributed by atoms with Crippen LogP contribution < -0.4 is 5.73 Å². The molecule has 30 heavy (non-hydrogen) atoms. The number of hydrogen-bond acceptors (Lipinski definition) is 2. The Morgan fingerprint density at radius 1 is 1.10 bits per heavy atom. The van der Waals surface area contributed by atoms with Gasteiger partial charge >= 0.3 is 6.09 Å². The number of likely N-dealkylation sites (tertiary alicyclic amines) is 1. The summed E-state index contributed by atoms with van der Waals surface area (Å²) in [5.74, 6) is 3.71. The lowest BCUT2D eigenvalue weighted by Crippen LogP contribution is -2.57. The summed E-state index contributed by atoms with van der Waals surface area (Å²) in [7, 11) is 0. The van der Waals surface area contributed by atoms with Crippen LogP contribution in [0.5, 0.6) is 0 Å². The van der Waals surface area contributed by atoms with E-state index in [1.807, 2.05) is 0 Å². The fraction of sp³-hybridized carbons (Fsp3) is 0.720. The van der Waals surface area contributed by atoms with E-state index >= 15 is 0 Å². The van der Waals surface area contributed by atoms with Crippen LogP contribution in [0.15, 0.2) is 22.7 Å². The highest BCUT2D eigenvalue weighted by Crippen LogP contribution is 2.71. The van der Waals surface area contributed by atoms with Gasteiger partial charge < -0.3 is 15.7 Å². The molecule has 5 aliphatic carbocycles. The zero-order valence-electron chi connectivity index (χ0n) is 17.7. The van der Waals surface area contributed by atoms with Crippen LogP contribution in [-0.4, -0.2) is 35.7 Å². The molecule has 7 rings (SSSR count). The van der Waals surface area contributed by atoms with E-state index in [-0.39, 0.29) is 5.41 Å². The minimum absolute atomic E-state index is 0.0666. The highest BCUT2D eigenvalue weighted by Gasteiger charge is 2.64. The zero-order valence-corrected chi connectivity index (χ0v) is 19.2. The summed E-state index contributed by atoms with van der Waals surface area (Å²) < 4.78 is 1.22. The van der Waals surface area contributed by atoms with E-state index in [1.165, 1.54) is 54.1 Å². The Kier molecular flexibility index (Phi) is 4.39. The molecule has 4 saturated carbocycles. The minimum Gasteiger partial charge on any atom is -0.465 e. The maximum atomic E-state index is 11.7. The van der Waals surface area contributed by atoms with Gasteiger partial charge in [-0.05, 0) is 104 Å². The third kappa shape index (κ3) is 2.57. The highest BCUT2D eigenvalue weighted by molar-refractivity contribution is 9.10. The van der Waals surface area contributed by atoms with Crippen molar-refractivity contribution < 1.29 is 9.90 Å². The Balaban J connectivity index is 1.49. The Bertz CT molecular complexity index is 841. The lowest BCUT2D eigenvalue weighted by Gasteiger charge is -2.63. The Morgan fingerprint density at radius 2 is 1.70 bits per heavy atom. The van der Waals surface area contributed by atoms with Gasteiger partial charge in [0.15, 0.2) is 0 Å². The molecule has 4 nitrogen and oxygen atoms in total. The van der Waals surface area contributed by atoms with Gasteiger partial charge in [-0.2, -0.15) is 0 Å². The number of hydrogen-bond donors (Lipinski definition) is 2. The first-order valence-corrected chi connectivity index (χ1v) is 12.7. The lowest BCUT2D eigenvalue weighted by atomic mass is 9.42. The third-order valence-electron chi connectivity index (χ3n) is 9.87. The second-order valence-corrected chi connectivity index (χ2v) is 12.1. The van der Waals surface area contributed by atoms with Crippen LogP contribution in [-0.2, 0) is 5.41 Å². The molecule has 1 saturated heterocycles. The summed E-state index contributed by atoms with van der Waals surface area (Å²) in [6.45, 7) is 2.01. The van der Waals surface area contributed by atoms with Crippen molar-refractivity contribution in [3.05, 3.63) is 33.8 Å². The van der Waals surface area contributed by atoms with Crippen LogP contribution in [0.1, 0.15) is 68.4 Å². The van der Waals surface area contributed by atoms with E-state index in [2.05, 4.69) is 34.1 Å². The van der Waals surface area contributed by atoms with E-state index in [1.54, 1.807) is 4.90 Å². The van der Waals surface area contributed by atoms with Gasteiger partial charge in [0.05, 0.1) is 0 Å². The maximum Gasteiger partial charge on any atom is 0.407 e. The van der Waals surface area contributed by atoms with Crippen molar-refractivity contribution in [2.45, 2.75) is 62.7 Å². The molecule has 5 fully saturated rings. The first-order valence-electron chi connectivity index (χ1n) is 11.9. The molecule has 1 heterocycles. The number of carbonyl (C=O) groups is 1. The van der Waals surface area contributed by atoms with Gasteiger partial charge in [0.2, 0.25) is 0 Å². The van der Waals surface area contributed by atoms with Gasteiger partial charge in [0.1, 0.15) is 0 Å². The van der Waals surface area contributed by atoms with Crippen LogP contribution in [0, 0.1) is 29.1 Å². The van der Waals surface area contributed by atoms with E-state index in [0.717, 1.165) is 30.6 Å². The molecule has 162 valence electrons. The molecule has 5 heteroatoms. The van der Waals surface area contributed by atoms with Gasteiger partial charge in [-0.1, -0.05) is 28.1 Å². The number of nitrogens with zero attached hydrogens (tertiary/aromatic N) is 1. The molecule has 0 radical (unpaired) electrons. The first kappa shape index (κ1) is 19.6. The second kappa shape index (κ2) is 6.71. The van der Waals surface area contributed by atoms with Gasteiger partial charge in [-0.3, -0.25) is 0 Å². The van der Waals surface area contributed by atoms with Crippen molar-refractivity contribution in [1.29, 1.82) is 0 Å². The third-order valence-corrected chi connectivity index (χ3v) is 10.5. The number of benzene rings is 1. The molecule has 0 aromatic heterocycles. The van der Waals surface area contributed by atoms with Crippen LogP contribution in [0.3, 0.4) is 0 Å². The fourth-order valence-corrected chi connectivity index (χ4v) is 10.4. The van der Waals surface area contributed by atoms with Crippen molar-refractivity contribution in [1.82, 2.24) is 4.90 Å². The predicted molar refractivity (Wildman–Crippen MR) is 121 cm³/mol.